The maximum Gasteiger partial charge on any atom is 0.171 e. The number of hydrogen-bond donors (Lipinski definition) is 0. The highest BCUT2D eigenvalue weighted by Crippen LogP contribution is 2.43. The maximum atomic E-state index is 15.1. The van der Waals surface area contributed by atoms with E-state index in [1.807, 2.05) is 109 Å². The Morgan fingerprint density at radius 2 is 0.667 bits per heavy atom. The van der Waals surface area contributed by atoms with E-state index in [0.29, 0.717) is 0 Å². The van der Waals surface area contributed by atoms with Crippen LogP contribution in [0.25, 0.3) is 11.1 Å². The van der Waals surface area contributed by atoms with Gasteiger partial charge in [-0.1, -0.05) is 121 Å². The van der Waals surface area contributed by atoms with Crippen LogP contribution in [0.2, 0.25) is 0 Å². The van der Waals surface area contributed by atoms with Crippen LogP contribution in [0.1, 0.15) is 0 Å². The summed E-state index contributed by atoms with van der Waals surface area (Å²) < 4.78 is 15.1. The summed E-state index contributed by atoms with van der Waals surface area (Å²) in [5.74, 6) is 0. The van der Waals surface area contributed by atoms with Crippen molar-refractivity contribution in [3.8, 4) is 11.1 Å². The lowest BCUT2D eigenvalue weighted by molar-refractivity contribution is 0.592. The molecular weight excluding hydrogens is 493 g/mol. The van der Waals surface area contributed by atoms with Gasteiger partial charge in [-0.05, 0) is 59.7 Å². The minimum absolute atomic E-state index is 0.811. The highest BCUT2D eigenvalue weighted by Gasteiger charge is 2.30. The van der Waals surface area contributed by atoms with E-state index in [1.165, 1.54) is 0 Å². The number of anilines is 3. The van der Waals surface area contributed by atoms with Crippen LogP contribution in [0.5, 0.6) is 0 Å². The van der Waals surface area contributed by atoms with Gasteiger partial charge in [0.25, 0.3) is 0 Å². The Kier molecular flexibility index (Phi) is 6.95. The molecule has 1 atom stereocenters. The Morgan fingerprint density at radius 3 is 1.15 bits per heavy atom. The van der Waals surface area contributed by atoms with E-state index in [0.717, 1.165) is 44.1 Å². The van der Waals surface area contributed by atoms with Crippen molar-refractivity contribution in [3.05, 3.63) is 170 Å². The van der Waals surface area contributed by atoms with Gasteiger partial charge in [0.1, 0.15) is 0 Å². The molecule has 0 saturated carbocycles. The van der Waals surface area contributed by atoms with Gasteiger partial charge in [-0.3, -0.25) is 0 Å². The molecular formula is C36H28NOP. The van der Waals surface area contributed by atoms with Gasteiger partial charge in [0.05, 0.1) is 0 Å². The smallest absolute Gasteiger partial charge is 0.171 e. The van der Waals surface area contributed by atoms with Gasteiger partial charge in [0.15, 0.2) is 7.14 Å². The van der Waals surface area contributed by atoms with Gasteiger partial charge in [-0.2, -0.15) is 0 Å². The lowest BCUT2D eigenvalue weighted by atomic mass is 10.1. The first kappa shape index (κ1) is 24.7. The Bertz CT molecular complexity index is 1640. The zero-order chi connectivity index (χ0) is 26.5. The molecule has 0 spiro atoms. The highest BCUT2D eigenvalue weighted by atomic mass is 31.2. The van der Waals surface area contributed by atoms with Gasteiger partial charge in [-0.15, -0.1) is 0 Å². The second kappa shape index (κ2) is 11.0. The SMILES string of the molecule is O=P(c1ccccc1)(c1ccc(-c2ccccc2)cc1)c1ccc(N(c2ccccc2)c2ccccc2)cc1. The van der Waals surface area contributed by atoms with Crippen molar-refractivity contribution in [3.63, 3.8) is 0 Å². The molecule has 0 aliphatic rings. The predicted molar refractivity (Wildman–Crippen MR) is 166 cm³/mol. The van der Waals surface area contributed by atoms with Crippen molar-refractivity contribution in [2.24, 2.45) is 0 Å². The molecule has 39 heavy (non-hydrogen) atoms. The van der Waals surface area contributed by atoms with E-state index >= 15 is 4.57 Å². The number of hydrogen-bond acceptors (Lipinski definition) is 2. The molecule has 0 bridgehead atoms. The fourth-order valence-corrected chi connectivity index (χ4v) is 7.62. The number of para-hydroxylation sites is 2. The van der Waals surface area contributed by atoms with E-state index in [-0.39, 0.29) is 0 Å². The molecule has 0 amide bonds. The third-order valence-corrected chi connectivity index (χ3v) is 10.0. The largest absolute Gasteiger partial charge is 0.311 e. The minimum atomic E-state index is -3.10. The topological polar surface area (TPSA) is 20.3 Å². The summed E-state index contributed by atoms with van der Waals surface area (Å²) in [5.41, 5.74) is 5.40. The van der Waals surface area contributed by atoms with Crippen molar-refractivity contribution in [1.29, 1.82) is 0 Å². The van der Waals surface area contributed by atoms with E-state index in [4.69, 9.17) is 0 Å². The van der Waals surface area contributed by atoms with Crippen molar-refractivity contribution in [2.45, 2.75) is 0 Å². The minimum Gasteiger partial charge on any atom is -0.311 e. The second-order valence-electron chi connectivity index (χ2n) is 9.38. The van der Waals surface area contributed by atoms with Crippen LogP contribution >= 0.6 is 7.14 Å². The normalized spacial score (nSPS) is 12.4. The molecule has 0 saturated heterocycles. The van der Waals surface area contributed by atoms with Crippen LogP contribution in [0.15, 0.2) is 170 Å². The standard InChI is InChI=1S/C36H28NOP/c38-39(34-19-11-4-12-20-34,35-25-21-30(22-26-35)29-13-5-1-6-14-29)36-27-23-33(24-28-36)37(31-15-7-2-8-16-31)32-17-9-3-10-18-32/h1-28H. The summed E-state index contributed by atoms with van der Waals surface area (Å²) in [5, 5.41) is 2.46. The Labute approximate surface area is 230 Å². The monoisotopic (exact) mass is 521 g/mol. The van der Waals surface area contributed by atoms with E-state index in [1.54, 1.807) is 0 Å². The van der Waals surface area contributed by atoms with Crippen LogP contribution in [0.3, 0.4) is 0 Å². The van der Waals surface area contributed by atoms with Crippen molar-refractivity contribution < 1.29 is 4.57 Å². The van der Waals surface area contributed by atoms with Gasteiger partial charge in [-0.25, -0.2) is 0 Å². The van der Waals surface area contributed by atoms with Crippen LogP contribution in [0, 0.1) is 0 Å². The lowest BCUT2D eigenvalue weighted by Crippen LogP contribution is -2.25. The van der Waals surface area contributed by atoms with Crippen molar-refractivity contribution in [1.82, 2.24) is 0 Å². The molecule has 0 heterocycles. The number of nitrogens with zero attached hydrogens (tertiary/aromatic N) is 1. The van der Waals surface area contributed by atoms with Gasteiger partial charge in [0.2, 0.25) is 0 Å². The van der Waals surface area contributed by atoms with Crippen LogP contribution in [-0.2, 0) is 4.57 Å². The highest BCUT2D eigenvalue weighted by molar-refractivity contribution is 7.85. The third kappa shape index (κ3) is 4.95. The summed E-state index contributed by atoms with van der Waals surface area (Å²) in [6.07, 6.45) is 0. The molecule has 1 unspecified atom stereocenters. The molecule has 3 heteroatoms. The van der Waals surface area contributed by atoms with Crippen molar-refractivity contribution in [2.75, 3.05) is 4.90 Å². The number of rotatable bonds is 7. The molecule has 0 aliphatic heterocycles. The molecule has 6 aromatic carbocycles. The summed E-state index contributed by atoms with van der Waals surface area (Å²) >= 11 is 0. The molecule has 6 aromatic rings. The molecule has 6 rings (SSSR count). The van der Waals surface area contributed by atoms with Crippen LogP contribution in [-0.4, -0.2) is 0 Å². The Balaban J connectivity index is 1.43. The summed E-state index contributed by atoms with van der Waals surface area (Å²) in [7, 11) is -3.10. The molecule has 0 aromatic heterocycles. The fraction of sp³-hybridized carbons (Fsp3) is 0. The summed E-state index contributed by atoms with van der Waals surface area (Å²) in [6, 6.07) is 57.1. The zero-order valence-corrected chi connectivity index (χ0v) is 22.4. The quantitative estimate of drug-likeness (QED) is 0.196. The molecule has 0 N–H and O–H groups in total. The summed E-state index contributed by atoms with van der Waals surface area (Å²) in [4.78, 5) is 2.21. The summed E-state index contributed by atoms with van der Waals surface area (Å²) in [6.45, 7) is 0. The van der Waals surface area contributed by atoms with Crippen molar-refractivity contribution >= 4 is 40.1 Å². The first-order chi connectivity index (χ1) is 19.2. The average molecular weight is 522 g/mol. The van der Waals surface area contributed by atoms with Gasteiger partial charge < -0.3 is 9.46 Å². The molecule has 0 radical (unpaired) electrons. The Hall–Kier alpha value is -4.65. The first-order valence-corrected chi connectivity index (χ1v) is 14.8. The second-order valence-corrected chi connectivity index (χ2v) is 12.1. The average Bonchev–Trinajstić information content (AvgIpc) is 3.03. The maximum absolute atomic E-state index is 15.1. The number of benzene rings is 6. The van der Waals surface area contributed by atoms with Crippen LogP contribution < -0.4 is 20.8 Å². The molecule has 188 valence electrons. The Morgan fingerprint density at radius 1 is 0.333 bits per heavy atom. The van der Waals surface area contributed by atoms with Gasteiger partial charge in [0, 0.05) is 33.0 Å². The fourth-order valence-electron chi connectivity index (χ4n) is 4.99. The molecule has 2 nitrogen and oxygen atoms in total. The third-order valence-electron chi connectivity index (χ3n) is 6.96. The van der Waals surface area contributed by atoms with Gasteiger partial charge >= 0.3 is 0 Å². The molecule has 0 fully saturated rings. The predicted octanol–water partition coefficient (Wildman–Crippen LogP) is 8.46. The van der Waals surface area contributed by atoms with E-state index in [9.17, 15) is 0 Å². The first-order valence-electron chi connectivity index (χ1n) is 13.1. The zero-order valence-electron chi connectivity index (χ0n) is 21.5. The van der Waals surface area contributed by atoms with E-state index in [2.05, 4.69) is 65.6 Å². The lowest BCUT2D eigenvalue weighted by Gasteiger charge is -2.26. The van der Waals surface area contributed by atoms with E-state index < -0.39 is 7.14 Å². The van der Waals surface area contributed by atoms with Crippen LogP contribution in [0.4, 0.5) is 17.1 Å². The molecule has 0 aliphatic carbocycles.